The Kier molecular flexibility index (Phi) is 2.06. The van der Waals surface area contributed by atoms with Gasteiger partial charge in [-0.3, -0.25) is 0 Å². The van der Waals surface area contributed by atoms with Crippen LogP contribution in [-0.4, -0.2) is 12.2 Å². The lowest BCUT2D eigenvalue weighted by Crippen LogP contribution is -2.33. The predicted octanol–water partition coefficient (Wildman–Crippen LogP) is 2.45. The van der Waals surface area contributed by atoms with Crippen LogP contribution in [-0.2, 0) is 0 Å². The molecule has 0 amide bonds. The molecular weight excluding hydrogens is 161 g/mol. The van der Waals surface area contributed by atoms with Crippen molar-refractivity contribution in [1.29, 1.82) is 0 Å². The molecule has 0 unspecified atom stereocenters. The van der Waals surface area contributed by atoms with E-state index in [2.05, 4.69) is 0 Å². The van der Waals surface area contributed by atoms with E-state index in [1.54, 1.807) is 0 Å². The van der Waals surface area contributed by atoms with Crippen LogP contribution in [0.15, 0.2) is 5.11 Å². The molecule has 0 aromatic carbocycles. The standard InChI is InChI=1S/C2F5N3/c3-1(4,5)2(6,7)9-10-8. The molecule has 0 aromatic rings. The molecule has 0 aliphatic heterocycles. The van der Waals surface area contributed by atoms with Gasteiger partial charge in [-0.25, -0.2) is 0 Å². The molecule has 0 radical (unpaired) electrons. The van der Waals surface area contributed by atoms with E-state index in [9.17, 15) is 22.0 Å². The zero-order valence-electron chi connectivity index (χ0n) is 4.23. The number of azide groups is 1. The topological polar surface area (TPSA) is 48.8 Å². The quantitative estimate of drug-likeness (QED) is 0.186. The SMILES string of the molecule is [N-]=[N+]=NC(F)(F)C(F)(F)F. The first-order valence-corrected chi connectivity index (χ1v) is 1.82. The second-order valence-electron chi connectivity index (χ2n) is 1.23. The van der Waals surface area contributed by atoms with Gasteiger partial charge in [0.05, 0.1) is 0 Å². The van der Waals surface area contributed by atoms with Crippen LogP contribution in [0.25, 0.3) is 10.4 Å². The van der Waals surface area contributed by atoms with Crippen molar-refractivity contribution in [3.8, 4) is 0 Å². The first-order chi connectivity index (χ1) is 4.31. The molecule has 0 N–H and O–H groups in total. The van der Waals surface area contributed by atoms with Crippen LogP contribution in [0.2, 0.25) is 0 Å². The Morgan fingerprint density at radius 2 is 1.50 bits per heavy atom. The average Bonchev–Trinajstić information content (AvgIpc) is 1.61. The summed E-state index contributed by atoms with van der Waals surface area (Å²) >= 11 is 0. The van der Waals surface area contributed by atoms with Crippen molar-refractivity contribution in [2.24, 2.45) is 5.11 Å². The molecule has 0 bridgehead atoms. The molecule has 0 aliphatic rings. The molecule has 0 fully saturated rings. The smallest absolute Gasteiger partial charge is 0.190 e. The third kappa shape index (κ3) is 1.73. The highest BCUT2D eigenvalue weighted by molar-refractivity contribution is 4.72. The van der Waals surface area contributed by atoms with Crippen LogP contribution < -0.4 is 0 Å². The minimum atomic E-state index is -5.81. The van der Waals surface area contributed by atoms with Crippen LogP contribution in [0.4, 0.5) is 22.0 Å². The van der Waals surface area contributed by atoms with E-state index in [1.165, 1.54) is 10.0 Å². The maximum atomic E-state index is 11.4. The van der Waals surface area contributed by atoms with E-state index in [1.807, 2.05) is 0 Å². The zero-order valence-corrected chi connectivity index (χ0v) is 4.23. The fourth-order valence-corrected chi connectivity index (χ4v) is 0.113. The van der Waals surface area contributed by atoms with E-state index in [0.29, 0.717) is 0 Å². The second-order valence-corrected chi connectivity index (χ2v) is 1.23. The van der Waals surface area contributed by atoms with Gasteiger partial charge in [0.2, 0.25) is 0 Å². The molecule has 3 nitrogen and oxygen atoms in total. The van der Waals surface area contributed by atoms with Crippen molar-refractivity contribution in [3.63, 3.8) is 0 Å². The Bertz CT molecular complexity index is 164. The molecule has 58 valence electrons. The summed E-state index contributed by atoms with van der Waals surface area (Å²) in [7, 11) is 0. The Balaban J connectivity index is 4.56. The maximum Gasteiger partial charge on any atom is 0.459 e. The van der Waals surface area contributed by atoms with E-state index < -0.39 is 12.2 Å². The van der Waals surface area contributed by atoms with Gasteiger partial charge in [-0.2, -0.15) is 22.0 Å². The van der Waals surface area contributed by atoms with Crippen molar-refractivity contribution in [2.45, 2.75) is 12.2 Å². The number of alkyl halides is 5. The number of hydrogen-bond donors (Lipinski definition) is 0. The number of rotatable bonds is 1. The van der Waals surface area contributed by atoms with Gasteiger partial charge in [0.25, 0.3) is 0 Å². The molecule has 0 aromatic heterocycles. The normalized spacial score (nSPS) is 12.5. The molecule has 0 atom stereocenters. The van der Waals surface area contributed by atoms with Crippen molar-refractivity contribution in [1.82, 2.24) is 0 Å². The Morgan fingerprint density at radius 3 is 1.60 bits per heavy atom. The summed E-state index contributed by atoms with van der Waals surface area (Å²) < 4.78 is 55.8. The molecule has 0 heterocycles. The third-order valence-electron chi connectivity index (χ3n) is 0.511. The van der Waals surface area contributed by atoms with Gasteiger partial charge >= 0.3 is 12.2 Å². The molecule has 0 aliphatic carbocycles. The second kappa shape index (κ2) is 2.30. The fraction of sp³-hybridized carbons (Fsp3) is 1.00. The van der Waals surface area contributed by atoms with Crippen LogP contribution >= 0.6 is 0 Å². The van der Waals surface area contributed by atoms with E-state index in [4.69, 9.17) is 5.53 Å². The summed E-state index contributed by atoms with van der Waals surface area (Å²) in [5, 5.41) is 1.25. The van der Waals surface area contributed by atoms with E-state index in [0.717, 1.165) is 0 Å². The highest BCUT2D eigenvalue weighted by atomic mass is 19.4. The van der Waals surface area contributed by atoms with Gasteiger partial charge in [-0.05, 0) is 10.6 Å². The Hall–Kier alpha value is -1.04. The Labute approximate surface area is 51.1 Å². The van der Waals surface area contributed by atoms with Crippen molar-refractivity contribution < 1.29 is 22.0 Å². The summed E-state index contributed by atoms with van der Waals surface area (Å²) in [5.74, 6) is 0. The van der Waals surface area contributed by atoms with Gasteiger partial charge in [-0.1, -0.05) is 0 Å². The summed E-state index contributed by atoms with van der Waals surface area (Å²) in [6.07, 6.45) is -5.81. The predicted molar refractivity (Wildman–Crippen MR) is 20.1 cm³/mol. The molecule has 8 heteroatoms. The molecule has 0 rings (SSSR count). The third-order valence-corrected chi connectivity index (χ3v) is 0.511. The molecule has 0 saturated heterocycles. The molecule has 10 heavy (non-hydrogen) atoms. The molecular formula is C2F5N3. The first kappa shape index (κ1) is 8.96. The van der Waals surface area contributed by atoms with Crippen molar-refractivity contribution in [2.75, 3.05) is 0 Å². The van der Waals surface area contributed by atoms with Gasteiger partial charge < -0.3 is 0 Å². The average molecular weight is 161 g/mol. The zero-order chi connectivity index (χ0) is 8.41. The highest BCUT2D eigenvalue weighted by Gasteiger charge is 2.57. The minimum absolute atomic E-state index is 1.25. The largest absolute Gasteiger partial charge is 0.459 e. The van der Waals surface area contributed by atoms with E-state index >= 15 is 0 Å². The van der Waals surface area contributed by atoms with E-state index in [-0.39, 0.29) is 0 Å². The van der Waals surface area contributed by atoms with Crippen molar-refractivity contribution in [3.05, 3.63) is 10.4 Å². The maximum absolute atomic E-state index is 11.4. The lowest BCUT2D eigenvalue weighted by atomic mass is 10.6. The fourth-order valence-electron chi connectivity index (χ4n) is 0.113. The molecule has 0 saturated carbocycles. The summed E-state index contributed by atoms with van der Waals surface area (Å²) in [6.45, 7) is 0. The summed E-state index contributed by atoms with van der Waals surface area (Å²) in [4.78, 5) is 1.33. The van der Waals surface area contributed by atoms with Crippen LogP contribution in [0.3, 0.4) is 0 Å². The van der Waals surface area contributed by atoms with Gasteiger partial charge in [0.15, 0.2) is 0 Å². The van der Waals surface area contributed by atoms with Gasteiger partial charge in [0.1, 0.15) is 0 Å². The van der Waals surface area contributed by atoms with Crippen LogP contribution in [0, 0.1) is 0 Å². The summed E-state index contributed by atoms with van der Waals surface area (Å²) in [5.41, 5.74) is 7.24. The lowest BCUT2D eigenvalue weighted by molar-refractivity contribution is -0.278. The first-order valence-electron chi connectivity index (χ1n) is 1.82. The van der Waals surface area contributed by atoms with Crippen molar-refractivity contribution >= 4 is 0 Å². The van der Waals surface area contributed by atoms with Gasteiger partial charge in [0, 0.05) is 4.91 Å². The van der Waals surface area contributed by atoms with Crippen LogP contribution in [0.1, 0.15) is 0 Å². The minimum Gasteiger partial charge on any atom is -0.190 e. The Morgan fingerprint density at radius 1 is 1.10 bits per heavy atom. The number of nitrogens with zero attached hydrogens (tertiary/aromatic N) is 3. The number of halogens is 5. The van der Waals surface area contributed by atoms with Crippen LogP contribution in [0.5, 0.6) is 0 Å². The van der Waals surface area contributed by atoms with Gasteiger partial charge in [-0.15, -0.1) is 0 Å². The molecule has 0 spiro atoms. The lowest BCUT2D eigenvalue weighted by Gasteiger charge is -2.12. The highest BCUT2D eigenvalue weighted by Crippen LogP contribution is 2.36. The monoisotopic (exact) mass is 161 g/mol. The summed E-state index contributed by atoms with van der Waals surface area (Å²) in [6, 6.07) is -5.30. The number of hydrogen-bond acceptors (Lipinski definition) is 1.